The third-order valence-electron chi connectivity index (χ3n) is 4.97. The van der Waals surface area contributed by atoms with Crippen molar-refractivity contribution in [3.05, 3.63) is 0 Å². The summed E-state index contributed by atoms with van der Waals surface area (Å²) in [7, 11) is -0.118. The number of hydrogen-bond acceptors (Lipinski definition) is 3. The first-order valence-electron chi connectivity index (χ1n) is 13.0. The topological polar surface area (TPSA) is 64.0 Å². The highest BCUT2D eigenvalue weighted by atomic mass is 31.2. The molecule has 7 heteroatoms. The average Bonchev–Trinajstić information content (AvgIpc) is 2.72. The SMILES string of the molecule is CCCCN(CCCC)CCCC.CCCCN(CCCC)CCCC.[B]P(=O)(O)O. The van der Waals surface area contributed by atoms with Gasteiger partial charge in [0.05, 0.1) is 0 Å². The number of rotatable bonds is 18. The summed E-state index contributed by atoms with van der Waals surface area (Å²) in [6.45, 7) is 21.5. The first-order chi connectivity index (χ1) is 14.7. The first-order valence-corrected chi connectivity index (χ1v) is 14.7. The highest BCUT2D eigenvalue weighted by Crippen LogP contribution is 2.24. The summed E-state index contributed by atoms with van der Waals surface area (Å²) in [6.07, 6.45) is 16.2. The molecule has 0 amide bonds. The van der Waals surface area contributed by atoms with Crippen LogP contribution in [0.1, 0.15) is 119 Å². The van der Waals surface area contributed by atoms with E-state index in [-0.39, 0.29) is 0 Å². The molecule has 5 nitrogen and oxygen atoms in total. The molecule has 0 rings (SSSR count). The third-order valence-corrected chi connectivity index (χ3v) is 4.97. The van der Waals surface area contributed by atoms with E-state index < -0.39 is 7.47 Å². The Hall–Kier alpha value is 0.135. The fraction of sp³-hybridized carbons (Fsp3) is 1.00. The molecule has 0 aromatic rings. The van der Waals surface area contributed by atoms with Gasteiger partial charge in [0, 0.05) is 0 Å². The summed E-state index contributed by atoms with van der Waals surface area (Å²) < 4.78 is 9.10. The Labute approximate surface area is 197 Å². The number of unbranched alkanes of at least 4 members (excludes halogenated alkanes) is 6. The molecule has 2 N–H and O–H groups in total. The minimum Gasteiger partial charge on any atom is -0.333 e. The second kappa shape index (κ2) is 28.2. The van der Waals surface area contributed by atoms with E-state index in [0.717, 1.165) is 0 Å². The lowest BCUT2D eigenvalue weighted by molar-refractivity contribution is 0.261. The molecule has 0 bridgehead atoms. The minimum atomic E-state index is -4.14. The monoisotopic (exact) mass is 462 g/mol. The molecule has 0 heterocycles. The van der Waals surface area contributed by atoms with E-state index in [2.05, 4.69) is 58.9 Å². The Morgan fingerprint density at radius 3 is 0.742 bits per heavy atom. The molecule has 0 aliphatic heterocycles. The molecule has 2 radical (unpaired) electrons. The lowest BCUT2D eigenvalue weighted by Crippen LogP contribution is -2.27. The van der Waals surface area contributed by atoms with Crippen molar-refractivity contribution in [2.24, 2.45) is 0 Å². The summed E-state index contributed by atoms with van der Waals surface area (Å²) in [5.74, 6) is 0. The Morgan fingerprint density at radius 2 is 0.645 bits per heavy atom. The van der Waals surface area contributed by atoms with Crippen molar-refractivity contribution < 1.29 is 14.4 Å². The molecule has 0 aromatic carbocycles. The average molecular weight is 463 g/mol. The highest BCUT2D eigenvalue weighted by molar-refractivity contribution is 7.77. The molecule has 0 unspecified atom stereocenters. The van der Waals surface area contributed by atoms with Crippen LogP contribution >= 0.6 is 7.47 Å². The summed E-state index contributed by atoms with van der Waals surface area (Å²) in [5, 5.41) is 0. The second-order valence-electron chi connectivity index (χ2n) is 8.39. The van der Waals surface area contributed by atoms with Crippen molar-refractivity contribution in [3.63, 3.8) is 0 Å². The summed E-state index contributed by atoms with van der Waals surface area (Å²) in [6, 6.07) is 0. The molecule has 0 saturated heterocycles. The highest BCUT2D eigenvalue weighted by Gasteiger charge is 2.02. The van der Waals surface area contributed by atoms with Crippen LogP contribution in [0.5, 0.6) is 0 Å². The van der Waals surface area contributed by atoms with Gasteiger partial charge in [-0.3, -0.25) is 4.57 Å². The predicted molar refractivity (Wildman–Crippen MR) is 140 cm³/mol. The normalized spacial score (nSPS) is 11.2. The van der Waals surface area contributed by atoms with E-state index in [9.17, 15) is 0 Å². The van der Waals surface area contributed by atoms with Crippen LogP contribution in [0.25, 0.3) is 0 Å². The quantitative estimate of drug-likeness (QED) is 0.177. The Balaban J connectivity index is -0.000000416. The van der Waals surface area contributed by atoms with Crippen molar-refractivity contribution in [2.45, 2.75) is 119 Å². The van der Waals surface area contributed by atoms with E-state index in [1.807, 2.05) is 0 Å². The molecule has 188 valence electrons. The standard InChI is InChI=1S/2C12H27N.BH2O3P/c2*1-4-7-10-13(11-8-5-2)12-9-6-3;1-5(2,3)4/h2*4-12H2,1-3H3;(H2,2,3,4). The van der Waals surface area contributed by atoms with Gasteiger partial charge >= 0.3 is 0 Å². The fourth-order valence-electron chi connectivity index (χ4n) is 2.96. The van der Waals surface area contributed by atoms with Gasteiger partial charge in [-0.05, 0) is 77.8 Å². The van der Waals surface area contributed by atoms with Crippen LogP contribution in [0, 0.1) is 0 Å². The van der Waals surface area contributed by atoms with Crippen LogP contribution < -0.4 is 0 Å². The van der Waals surface area contributed by atoms with Crippen LogP contribution in [0.2, 0.25) is 0 Å². The maximum absolute atomic E-state index is 9.10. The zero-order valence-electron chi connectivity index (χ0n) is 21.9. The Bertz CT molecular complexity index is 300. The Kier molecular flexibility index (Phi) is 32.5. The van der Waals surface area contributed by atoms with Crippen LogP contribution in [0.4, 0.5) is 0 Å². The van der Waals surface area contributed by atoms with Gasteiger partial charge in [0.2, 0.25) is 7.57 Å². The van der Waals surface area contributed by atoms with Crippen LogP contribution in [0.3, 0.4) is 0 Å². The van der Waals surface area contributed by atoms with Gasteiger partial charge in [0.25, 0.3) is 7.47 Å². The molecule has 0 aliphatic rings. The van der Waals surface area contributed by atoms with Gasteiger partial charge < -0.3 is 19.6 Å². The summed E-state index contributed by atoms with van der Waals surface area (Å²) in [5.41, 5.74) is 0. The maximum atomic E-state index is 9.10. The third kappa shape index (κ3) is 41.0. The summed E-state index contributed by atoms with van der Waals surface area (Å²) in [4.78, 5) is 20.1. The largest absolute Gasteiger partial charge is 0.333 e. The molecule has 0 spiro atoms. The van der Waals surface area contributed by atoms with Crippen LogP contribution in [-0.2, 0) is 4.57 Å². The van der Waals surface area contributed by atoms with E-state index in [1.165, 1.54) is 116 Å². The van der Waals surface area contributed by atoms with E-state index in [1.54, 1.807) is 0 Å². The maximum Gasteiger partial charge on any atom is 0.258 e. The van der Waals surface area contributed by atoms with Gasteiger partial charge in [0.1, 0.15) is 0 Å². The molecular formula is C24H56BN2O3P. The number of hydrogen-bond donors (Lipinski definition) is 2. The first kappa shape index (κ1) is 35.7. The molecule has 0 atom stereocenters. The van der Waals surface area contributed by atoms with Crippen molar-refractivity contribution in [1.82, 2.24) is 9.80 Å². The second-order valence-corrected chi connectivity index (χ2v) is 9.57. The Morgan fingerprint density at radius 1 is 0.516 bits per heavy atom. The molecule has 0 fully saturated rings. The van der Waals surface area contributed by atoms with Gasteiger partial charge in [-0.25, -0.2) is 0 Å². The zero-order valence-corrected chi connectivity index (χ0v) is 22.8. The lowest BCUT2D eigenvalue weighted by atomic mass is 10.2. The lowest BCUT2D eigenvalue weighted by Gasteiger charge is -2.21. The van der Waals surface area contributed by atoms with E-state index >= 15 is 0 Å². The molecule has 0 aromatic heterocycles. The van der Waals surface area contributed by atoms with Crippen LogP contribution in [0.15, 0.2) is 0 Å². The number of nitrogens with zero attached hydrogens (tertiary/aromatic N) is 2. The molecule has 0 saturated carbocycles. The van der Waals surface area contributed by atoms with Crippen molar-refractivity contribution in [2.75, 3.05) is 39.3 Å². The molecule has 0 aliphatic carbocycles. The fourth-order valence-corrected chi connectivity index (χ4v) is 2.96. The summed E-state index contributed by atoms with van der Waals surface area (Å²) >= 11 is 0. The minimum absolute atomic E-state index is 1.32. The van der Waals surface area contributed by atoms with Gasteiger partial charge in [-0.15, -0.1) is 0 Å². The zero-order chi connectivity index (χ0) is 24.4. The van der Waals surface area contributed by atoms with Crippen molar-refractivity contribution >= 4 is 15.0 Å². The predicted octanol–water partition coefficient (Wildman–Crippen LogP) is 6.63. The van der Waals surface area contributed by atoms with Crippen LogP contribution in [-0.4, -0.2) is 66.4 Å². The van der Waals surface area contributed by atoms with E-state index in [0.29, 0.717) is 0 Å². The van der Waals surface area contributed by atoms with Gasteiger partial charge in [0.15, 0.2) is 0 Å². The molecular weight excluding hydrogens is 406 g/mol. The smallest absolute Gasteiger partial charge is 0.258 e. The van der Waals surface area contributed by atoms with Gasteiger partial charge in [-0.1, -0.05) is 80.1 Å². The van der Waals surface area contributed by atoms with Gasteiger partial charge in [-0.2, -0.15) is 0 Å². The molecule has 31 heavy (non-hydrogen) atoms. The van der Waals surface area contributed by atoms with Crippen molar-refractivity contribution in [3.8, 4) is 0 Å². The van der Waals surface area contributed by atoms with Crippen molar-refractivity contribution in [1.29, 1.82) is 0 Å². The van der Waals surface area contributed by atoms with E-state index in [4.69, 9.17) is 14.4 Å².